The zero-order chi connectivity index (χ0) is 38.2. The standard InChI is InChI=1S/C50H56N2O2/c1-9-53-27-25-41-13-11-15-45(33-41)51(47-21-17-35(3)37(5)31-47)49-23-19-43(29-39(49)7)44-20-24-50(40(8)30-44)52(48-22-18-36(4)38(6)32-48)46-16-12-14-42(34-46)26-28-54-10-2/h11-24,29-34H,9-10,25-28H2,1-8H3. The summed E-state index contributed by atoms with van der Waals surface area (Å²) < 4.78 is 11.4. The molecule has 0 bridgehead atoms. The quantitative estimate of drug-likeness (QED) is 0.0988. The maximum absolute atomic E-state index is 5.69. The molecular formula is C50H56N2O2. The fourth-order valence-electron chi connectivity index (χ4n) is 7.13. The fraction of sp³-hybridized carbons (Fsp3) is 0.280. The van der Waals surface area contributed by atoms with Gasteiger partial charge < -0.3 is 19.3 Å². The van der Waals surface area contributed by atoms with E-state index in [1.807, 2.05) is 13.8 Å². The van der Waals surface area contributed by atoms with Crippen molar-refractivity contribution in [3.05, 3.63) is 166 Å². The number of anilines is 6. The molecule has 0 unspecified atom stereocenters. The lowest BCUT2D eigenvalue weighted by Gasteiger charge is -2.29. The molecule has 0 amide bonds. The number of aryl methyl sites for hydroxylation is 6. The lowest BCUT2D eigenvalue weighted by atomic mass is 9.98. The maximum atomic E-state index is 5.69. The Hall–Kier alpha value is -5.16. The summed E-state index contributed by atoms with van der Waals surface area (Å²) in [5.41, 5.74) is 19.5. The minimum Gasteiger partial charge on any atom is -0.381 e. The van der Waals surface area contributed by atoms with Crippen molar-refractivity contribution >= 4 is 34.1 Å². The molecule has 278 valence electrons. The third-order valence-corrected chi connectivity index (χ3v) is 10.5. The summed E-state index contributed by atoms with van der Waals surface area (Å²) in [5, 5.41) is 0. The van der Waals surface area contributed by atoms with E-state index in [-0.39, 0.29) is 0 Å². The topological polar surface area (TPSA) is 24.9 Å². The summed E-state index contributed by atoms with van der Waals surface area (Å²) in [7, 11) is 0. The molecule has 0 saturated carbocycles. The van der Waals surface area contributed by atoms with Gasteiger partial charge >= 0.3 is 0 Å². The molecule has 0 atom stereocenters. The predicted octanol–water partition coefficient (Wildman–Crippen LogP) is 13.3. The van der Waals surface area contributed by atoms with Crippen molar-refractivity contribution in [3.8, 4) is 11.1 Å². The van der Waals surface area contributed by atoms with E-state index in [1.54, 1.807) is 0 Å². The largest absolute Gasteiger partial charge is 0.381 e. The fourth-order valence-corrected chi connectivity index (χ4v) is 7.13. The molecule has 4 nitrogen and oxygen atoms in total. The Morgan fingerprint density at radius 1 is 0.389 bits per heavy atom. The Labute approximate surface area is 324 Å². The molecule has 0 N–H and O–H groups in total. The first kappa shape index (κ1) is 38.6. The van der Waals surface area contributed by atoms with Crippen LogP contribution in [0.3, 0.4) is 0 Å². The number of hydrogen-bond donors (Lipinski definition) is 0. The minimum absolute atomic E-state index is 0.721. The van der Waals surface area contributed by atoms with Crippen LogP contribution in [0.2, 0.25) is 0 Å². The van der Waals surface area contributed by atoms with Gasteiger partial charge in [-0.25, -0.2) is 0 Å². The molecule has 6 aromatic rings. The Morgan fingerprint density at radius 2 is 0.796 bits per heavy atom. The lowest BCUT2D eigenvalue weighted by Crippen LogP contribution is -2.13. The molecule has 54 heavy (non-hydrogen) atoms. The van der Waals surface area contributed by atoms with Crippen molar-refractivity contribution < 1.29 is 9.47 Å². The molecular weight excluding hydrogens is 661 g/mol. The van der Waals surface area contributed by atoms with E-state index in [1.165, 1.54) is 67.0 Å². The van der Waals surface area contributed by atoms with Gasteiger partial charge in [0.05, 0.1) is 13.2 Å². The molecule has 0 saturated heterocycles. The van der Waals surface area contributed by atoms with Crippen LogP contribution in [0.4, 0.5) is 34.1 Å². The second-order valence-electron chi connectivity index (χ2n) is 14.4. The number of rotatable bonds is 15. The van der Waals surface area contributed by atoms with Crippen LogP contribution in [0.25, 0.3) is 11.1 Å². The highest BCUT2D eigenvalue weighted by Crippen LogP contribution is 2.41. The number of hydrogen-bond acceptors (Lipinski definition) is 4. The molecule has 0 aromatic heterocycles. The summed E-state index contributed by atoms with van der Waals surface area (Å²) >= 11 is 0. The summed E-state index contributed by atoms with van der Waals surface area (Å²) in [6.07, 6.45) is 1.77. The van der Waals surface area contributed by atoms with Crippen LogP contribution in [0.5, 0.6) is 0 Å². The minimum atomic E-state index is 0.721. The number of benzene rings is 6. The molecule has 4 heteroatoms. The summed E-state index contributed by atoms with van der Waals surface area (Å²) in [6.45, 7) is 20.2. The van der Waals surface area contributed by atoms with Crippen LogP contribution in [-0.2, 0) is 22.3 Å². The zero-order valence-electron chi connectivity index (χ0n) is 33.5. The van der Waals surface area contributed by atoms with Crippen molar-refractivity contribution in [3.63, 3.8) is 0 Å². The van der Waals surface area contributed by atoms with Crippen LogP contribution < -0.4 is 9.80 Å². The van der Waals surface area contributed by atoms with E-state index >= 15 is 0 Å². The average Bonchev–Trinajstić information content (AvgIpc) is 3.16. The Bertz CT molecular complexity index is 2050. The van der Waals surface area contributed by atoms with Gasteiger partial charge in [0.15, 0.2) is 0 Å². The number of nitrogens with zero attached hydrogens (tertiary/aromatic N) is 2. The molecule has 0 heterocycles. The van der Waals surface area contributed by atoms with E-state index in [0.29, 0.717) is 0 Å². The van der Waals surface area contributed by atoms with Gasteiger partial charge in [-0.05, 0) is 197 Å². The van der Waals surface area contributed by atoms with Crippen LogP contribution in [0.1, 0.15) is 58.4 Å². The Balaban J connectivity index is 1.37. The molecule has 0 aliphatic heterocycles. The normalized spacial score (nSPS) is 11.2. The molecule has 0 spiro atoms. The van der Waals surface area contributed by atoms with Crippen LogP contribution >= 0.6 is 0 Å². The SMILES string of the molecule is CCOCCc1cccc(N(c2ccc(C)c(C)c2)c2ccc(-c3ccc(N(c4cccc(CCOCC)c4)c4ccc(C)c(C)c4)c(C)c3)cc2C)c1. The van der Waals surface area contributed by atoms with Crippen molar-refractivity contribution in [2.75, 3.05) is 36.2 Å². The smallest absolute Gasteiger partial charge is 0.0506 e. The van der Waals surface area contributed by atoms with Crippen molar-refractivity contribution in [1.29, 1.82) is 0 Å². The lowest BCUT2D eigenvalue weighted by molar-refractivity contribution is 0.151. The molecule has 6 aromatic carbocycles. The summed E-state index contributed by atoms with van der Waals surface area (Å²) in [6, 6.07) is 45.1. The monoisotopic (exact) mass is 716 g/mol. The second-order valence-corrected chi connectivity index (χ2v) is 14.4. The van der Waals surface area contributed by atoms with Crippen molar-refractivity contribution in [2.24, 2.45) is 0 Å². The van der Waals surface area contributed by atoms with Crippen molar-refractivity contribution in [2.45, 2.75) is 68.2 Å². The first-order chi connectivity index (χ1) is 26.2. The van der Waals surface area contributed by atoms with E-state index in [9.17, 15) is 0 Å². The van der Waals surface area contributed by atoms with Gasteiger partial charge in [0, 0.05) is 47.3 Å². The highest BCUT2D eigenvalue weighted by molar-refractivity contribution is 5.84. The van der Waals surface area contributed by atoms with Crippen molar-refractivity contribution in [1.82, 2.24) is 0 Å². The molecule has 6 rings (SSSR count). The van der Waals surface area contributed by atoms with Gasteiger partial charge in [-0.1, -0.05) is 48.5 Å². The molecule has 0 fully saturated rings. The van der Waals surface area contributed by atoms with E-state index in [0.717, 1.165) is 62.0 Å². The van der Waals surface area contributed by atoms with Gasteiger partial charge in [-0.3, -0.25) is 0 Å². The third-order valence-electron chi connectivity index (χ3n) is 10.5. The van der Waals surface area contributed by atoms with Gasteiger partial charge in [0.1, 0.15) is 0 Å². The third kappa shape index (κ3) is 8.95. The zero-order valence-corrected chi connectivity index (χ0v) is 33.5. The first-order valence-electron chi connectivity index (χ1n) is 19.5. The van der Waals surface area contributed by atoms with E-state index < -0.39 is 0 Å². The van der Waals surface area contributed by atoms with Gasteiger partial charge in [0.2, 0.25) is 0 Å². The molecule has 0 aliphatic rings. The second kappa shape index (κ2) is 17.8. The summed E-state index contributed by atoms with van der Waals surface area (Å²) in [5.74, 6) is 0. The van der Waals surface area contributed by atoms with E-state index in [2.05, 4.69) is 173 Å². The maximum Gasteiger partial charge on any atom is 0.0506 e. The van der Waals surface area contributed by atoms with Gasteiger partial charge in [-0.15, -0.1) is 0 Å². The highest BCUT2D eigenvalue weighted by atomic mass is 16.5. The van der Waals surface area contributed by atoms with Crippen LogP contribution in [-0.4, -0.2) is 26.4 Å². The first-order valence-corrected chi connectivity index (χ1v) is 19.5. The number of ether oxygens (including phenoxy) is 2. The average molecular weight is 717 g/mol. The van der Waals surface area contributed by atoms with Gasteiger partial charge in [-0.2, -0.15) is 0 Å². The Kier molecular flexibility index (Phi) is 12.7. The Morgan fingerprint density at radius 3 is 1.17 bits per heavy atom. The van der Waals surface area contributed by atoms with E-state index in [4.69, 9.17) is 9.47 Å². The summed E-state index contributed by atoms with van der Waals surface area (Å²) in [4.78, 5) is 4.79. The molecule has 0 radical (unpaired) electrons. The molecule has 0 aliphatic carbocycles. The highest BCUT2D eigenvalue weighted by Gasteiger charge is 2.19. The van der Waals surface area contributed by atoms with Gasteiger partial charge in [0.25, 0.3) is 0 Å². The predicted molar refractivity (Wildman–Crippen MR) is 230 cm³/mol. The van der Waals surface area contributed by atoms with Crippen LogP contribution in [0.15, 0.2) is 121 Å². The van der Waals surface area contributed by atoms with Crippen LogP contribution in [0, 0.1) is 41.5 Å².